The molecule has 0 spiro atoms. The Kier molecular flexibility index (Phi) is 1.77. The number of thiocarbonyl (C=S) groups is 2. The standard InChI is InChI=1S/C9H13NS2/c1-5-6-3-4-9(5,2)8(12)10-7(6)11/h5-6H,3-4H2,1-2H3,(H,10,11,12). The van der Waals surface area contributed by atoms with Gasteiger partial charge in [-0.15, -0.1) is 0 Å². The topological polar surface area (TPSA) is 12.0 Å². The monoisotopic (exact) mass is 199 g/mol. The highest BCUT2D eigenvalue weighted by atomic mass is 32.1. The summed E-state index contributed by atoms with van der Waals surface area (Å²) < 4.78 is 0. The number of nitrogens with one attached hydrogen (secondary N) is 1. The van der Waals surface area contributed by atoms with E-state index < -0.39 is 0 Å². The molecule has 66 valence electrons. The average Bonchev–Trinajstić information content (AvgIpc) is 2.23. The van der Waals surface area contributed by atoms with Crippen LogP contribution in [0.15, 0.2) is 0 Å². The van der Waals surface area contributed by atoms with Crippen LogP contribution in [-0.4, -0.2) is 9.98 Å². The van der Waals surface area contributed by atoms with E-state index in [1.54, 1.807) is 0 Å². The van der Waals surface area contributed by atoms with Crippen molar-refractivity contribution in [1.82, 2.24) is 5.32 Å². The van der Waals surface area contributed by atoms with Gasteiger partial charge in [-0.25, -0.2) is 0 Å². The predicted molar refractivity (Wildman–Crippen MR) is 58.3 cm³/mol. The van der Waals surface area contributed by atoms with Crippen molar-refractivity contribution >= 4 is 34.4 Å². The summed E-state index contributed by atoms with van der Waals surface area (Å²) in [5.41, 5.74) is 0.225. The van der Waals surface area contributed by atoms with Gasteiger partial charge >= 0.3 is 0 Å². The number of hydrogen-bond donors (Lipinski definition) is 1. The molecule has 1 aliphatic carbocycles. The summed E-state index contributed by atoms with van der Waals surface area (Å²) in [5.74, 6) is 1.22. The third-order valence-electron chi connectivity index (χ3n) is 3.68. The fourth-order valence-corrected chi connectivity index (χ4v) is 3.29. The summed E-state index contributed by atoms with van der Waals surface area (Å²) in [6.07, 6.45) is 2.41. The van der Waals surface area contributed by atoms with Gasteiger partial charge in [0, 0.05) is 11.3 Å². The summed E-state index contributed by atoms with van der Waals surface area (Å²) in [7, 11) is 0. The zero-order valence-corrected chi connectivity index (χ0v) is 9.02. The normalized spacial score (nSPS) is 46.2. The number of rotatable bonds is 0. The van der Waals surface area contributed by atoms with E-state index in [1.165, 1.54) is 12.8 Å². The van der Waals surface area contributed by atoms with Gasteiger partial charge in [0.25, 0.3) is 0 Å². The van der Waals surface area contributed by atoms with Crippen LogP contribution in [0.3, 0.4) is 0 Å². The van der Waals surface area contributed by atoms with Crippen molar-refractivity contribution < 1.29 is 0 Å². The first-order valence-corrected chi connectivity index (χ1v) is 5.22. The maximum absolute atomic E-state index is 5.32. The first-order chi connectivity index (χ1) is 5.55. The van der Waals surface area contributed by atoms with Gasteiger partial charge in [0.2, 0.25) is 0 Å². The van der Waals surface area contributed by atoms with E-state index in [9.17, 15) is 0 Å². The van der Waals surface area contributed by atoms with Crippen LogP contribution in [0.25, 0.3) is 0 Å². The Labute approximate surface area is 83.9 Å². The highest BCUT2D eigenvalue weighted by Crippen LogP contribution is 2.50. The Hall–Kier alpha value is -0.0200. The fourth-order valence-electron chi connectivity index (χ4n) is 2.40. The molecular formula is C9H13NS2. The van der Waals surface area contributed by atoms with Gasteiger partial charge in [0.05, 0.1) is 9.98 Å². The maximum atomic E-state index is 5.32. The molecule has 2 rings (SSSR count). The Morgan fingerprint density at radius 2 is 2.17 bits per heavy atom. The molecule has 3 heteroatoms. The molecule has 3 unspecified atom stereocenters. The lowest BCUT2D eigenvalue weighted by atomic mass is 9.75. The second-order valence-electron chi connectivity index (χ2n) is 4.17. The summed E-state index contributed by atoms with van der Waals surface area (Å²) >= 11 is 10.6. The van der Waals surface area contributed by atoms with Crippen molar-refractivity contribution in [2.45, 2.75) is 26.7 Å². The van der Waals surface area contributed by atoms with Crippen molar-refractivity contribution in [3.05, 3.63) is 0 Å². The van der Waals surface area contributed by atoms with Gasteiger partial charge in [0.1, 0.15) is 0 Å². The van der Waals surface area contributed by atoms with Crippen molar-refractivity contribution in [1.29, 1.82) is 0 Å². The minimum absolute atomic E-state index is 0.225. The van der Waals surface area contributed by atoms with Crippen LogP contribution in [0, 0.1) is 17.3 Å². The van der Waals surface area contributed by atoms with Crippen LogP contribution in [0.4, 0.5) is 0 Å². The highest BCUT2D eigenvalue weighted by molar-refractivity contribution is 7.82. The second-order valence-corrected chi connectivity index (χ2v) is 5.02. The van der Waals surface area contributed by atoms with E-state index in [-0.39, 0.29) is 5.41 Å². The molecule has 12 heavy (non-hydrogen) atoms. The van der Waals surface area contributed by atoms with Gasteiger partial charge in [-0.1, -0.05) is 38.3 Å². The minimum atomic E-state index is 0.225. The zero-order valence-electron chi connectivity index (χ0n) is 7.39. The van der Waals surface area contributed by atoms with Crippen LogP contribution in [0.1, 0.15) is 26.7 Å². The average molecular weight is 199 g/mol. The maximum Gasteiger partial charge on any atom is 0.0863 e. The lowest BCUT2D eigenvalue weighted by Crippen LogP contribution is -2.50. The van der Waals surface area contributed by atoms with Crippen molar-refractivity contribution in [2.75, 3.05) is 0 Å². The van der Waals surface area contributed by atoms with Crippen molar-refractivity contribution in [3.8, 4) is 0 Å². The molecule has 1 saturated carbocycles. The van der Waals surface area contributed by atoms with Gasteiger partial charge in [-0.2, -0.15) is 0 Å². The third kappa shape index (κ3) is 0.895. The number of piperidine rings is 1. The molecule has 2 fully saturated rings. The van der Waals surface area contributed by atoms with Crippen molar-refractivity contribution in [3.63, 3.8) is 0 Å². The molecule has 1 heterocycles. The molecular weight excluding hydrogens is 186 g/mol. The zero-order chi connectivity index (χ0) is 8.93. The van der Waals surface area contributed by atoms with E-state index >= 15 is 0 Å². The van der Waals surface area contributed by atoms with E-state index in [0.717, 1.165) is 9.98 Å². The van der Waals surface area contributed by atoms with Crippen LogP contribution in [0.2, 0.25) is 0 Å². The highest BCUT2D eigenvalue weighted by Gasteiger charge is 2.50. The molecule has 3 atom stereocenters. The molecule has 1 nitrogen and oxygen atoms in total. The quantitative estimate of drug-likeness (QED) is 0.601. The lowest BCUT2D eigenvalue weighted by Gasteiger charge is -2.38. The molecule has 1 aliphatic heterocycles. The summed E-state index contributed by atoms with van der Waals surface area (Å²) in [4.78, 5) is 1.94. The SMILES string of the molecule is CC1C2CCC1(C)C(=S)NC2=S. The Bertz CT molecular complexity index is 261. The second kappa shape index (κ2) is 2.48. The molecule has 0 amide bonds. The van der Waals surface area contributed by atoms with E-state index in [4.69, 9.17) is 24.4 Å². The smallest absolute Gasteiger partial charge is 0.0863 e. The van der Waals surface area contributed by atoms with Gasteiger partial charge in [-0.3, -0.25) is 0 Å². The molecule has 0 aromatic rings. The van der Waals surface area contributed by atoms with Crippen molar-refractivity contribution in [2.24, 2.45) is 17.3 Å². The third-order valence-corrected chi connectivity index (χ3v) is 4.65. The largest absolute Gasteiger partial charge is 0.344 e. The van der Waals surface area contributed by atoms with E-state index in [0.29, 0.717) is 11.8 Å². The molecule has 0 radical (unpaired) electrons. The number of hydrogen-bond acceptors (Lipinski definition) is 2. The molecule has 2 aliphatic rings. The van der Waals surface area contributed by atoms with E-state index in [2.05, 4.69) is 19.2 Å². The summed E-state index contributed by atoms with van der Waals surface area (Å²) in [5, 5.41) is 3.18. The first-order valence-electron chi connectivity index (χ1n) is 4.41. The number of fused-ring (bicyclic) bond motifs is 2. The summed E-state index contributed by atoms with van der Waals surface area (Å²) in [6, 6.07) is 0. The van der Waals surface area contributed by atoms with Crippen LogP contribution < -0.4 is 5.32 Å². The fraction of sp³-hybridized carbons (Fsp3) is 0.778. The Balaban J connectivity index is 2.40. The Morgan fingerprint density at radius 3 is 2.83 bits per heavy atom. The molecule has 1 N–H and O–H groups in total. The minimum Gasteiger partial charge on any atom is -0.344 e. The molecule has 1 saturated heterocycles. The molecule has 0 aromatic heterocycles. The van der Waals surface area contributed by atoms with Crippen LogP contribution in [-0.2, 0) is 0 Å². The predicted octanol–water partition coefficient (Wildman–Crippen LogP) is 2.30. The summed E-state index contributed by atoms with van der Waals surface area (Å²) in [6.45, 7) is 4.53. The van der Waals surface area contributed by atoms with Gasteiger partial charge in [-0.05, 0) is 18.8 Å². The van der Waals surface area contributed by atoms with Crippen LogP contribution >= 0.6 is 24.4 Å². The molecule has 0 aromatic carbocycles. The van der Waals surface area contributed by atoms with Crippen LogP contribution in [0.5, 0.6) is 0 Å². The van der Waals surface area contributed by atoms with E-state index in [1.807, 2.05) is 0 Å². The lowest BCUT2D eigenvalue weighted by molar-refractivity contribution is 0.327. The first kappa shape index (κ1) is 8.57. The Morgan fingerprint density at radius 1 is 1.50 bits per heavy atom. The van der Waals surface area contributed by atoms with Gasteiger partial charge in [0.15, 0.2) is 0 Å². The van der Waals surface area contributed by atoms with Gasteiger partial charge < -0.3 is 5.32 Å². The molecule has 2 bridgehead atoms.